The fourth-order valence-corrected chi connectivity index (χ4v) is 1.98. The number of nitrogens with zero attached hydrogens (tertiary/aromatic N) is 1. The highest BCUT2D eigenvalue weighted by Gasteiger charge is 2.26. The number of Topliss-reactive ketones (excluding diaryl/α,β-unsaturated/α-hetero) is 1. The maximum atomic E-state index is 10.2. The molecule has 2 unspecified atom stereocenters. The van der Waals surface area contributed by atoms with Crippen LogP contribution >= 0.6 is 0 Å². The second-order valence-electron chi connectivity index (χ2n) is 6.02. The highest BCUT2D eigenvalue weighted by molar-refractivity contribution is 5.87. The summed E-state index contributed by atoms with van der Waals surface area (Å²) in [5, 5.41) is 36.0. The first kappa shape index (κ1) is 20.5. The van der Waals surface area contributed by atoms with Crippen LogP contribution in [-0.2, 0) is 15.2 Å². The number of aliphatic hydroxyl groups excluding tert-OH is 2. The number of aromatic nitrogens is 1. The van der Waals surface area contributed by atoms with Crippen LogP contribution in [0.4, 0.5) is 5.69 Å². The SMILES string of the molecule is CC(=O)C(O)C(O)C(=O)O.CC(C)(O)c1nc2ccccc2cc1N. The third-order valence-corrected chi connectivity index (χ3v) is 3.30. The average Bonchev–Trinajstić information content (AvgIpc) is 2.52. The summed E-state index contributed by atoms with van der Waals surface area (Å²) in [6, 6.07) is 9.55. The predicted molar refractivity (Wildman–Crippen MR) is 91.7 cm³/mol. The minimum Gasteiger partial charge on any atom is -0.479 e. The normalized spacial score (nSPS) is 13.5. The summed E-state index contributed by atoms with van der Waals surface area (Å²) in [5.74, 6) is -2.38. The number of carbonyl (C=O) groups excluding carboxylic acids is 1. The number of hydrogen-bond acceptors (Lipinski definition) is 7. The van der Waals surface area contributed by atoms with E-state index in [1.54, 1.807) is 13.8 Å². The zero-order chi connectivity index (χ0) is 19.4. The van der Waals surface area contributed by atoms with Crippen LogP contribution in [0.1, 0.15) is 26.5 Å². The summed E-state index contributed by atoms with van der Waals surface area (Å²) in [4.78, 5) is 24.5. The molecule has 6 N–H and O–H groups in total. The molecule has 1 aromatic heterocycles. The molecule has 0 saturated carbocycles. The molecule has 0 bridgehead atoms. The van der Waals surface area contributed by atoms with Crippen LogP contribution in [0.15, 0.2) is 30.3 Å². The number of carboxylic acids is 1. The van der Waals surface area contributed by atoms with Gasteiger partial charge in [-0.05, 0) is 32.9 Å². The standard InChI is InChI=1S/C12H14N2O.C5H8O5/c1-12(2,15)11-9(13)7-8-5-3-4-6-10(8)14-11;1-2(6)3(7)4(8)5(9)10/h3-7,15H,13H2,1-2H3;3-4,7-8H,1H3,(H,9,10). The van der Waals surface area contributed by atoms with E-state index in [2.05, 4.69) is 4.98 Å². The highest BCUT2D eigenvalue weighted by atomic mass is 16.4. The van der Waals surface area contributed by atoms with E-state index in [4.69, 9.17) is 21.1 Å². The Bertz CT molecular complexity index is 751. The Hall–Kier alpha value is -2.55. The minimum atomic E-state index is -2.02. The summed E-state index contributed by atoms with van der Waals surface area (Å²) < 4.78 is 0. The summed E-state index contributed by atoms with van der Waals surface area (Å²) in [7, 11) is 0. The summed E-state index contributed by atoms with van der Waals surface area (Å²) >= 11 is 0. The van der Waals surface area contributed by atoms with Crippen molar-refractivity contribution in [2.75, 3.05) is 5.73 Å². The number of benzene rings is 1. The van der Waals surface area contributed by atoms with Gasteiger partial charge in [0.25, 0.3) is 0 Å². The van der Waals surface area contributed by atoms with Crippen molar-refractivity contribution < 1.29 is 30.0 Å². The second kappa shape index (κ2) is 8.02. The largest absolute Gasteiger partial charge is 0.479 e. The van der Waals surface area contributed by atoms with E-state index in [0.29, 0.717) is 11.4 Å². The predicted octanol–water partition coefficient (Wildman–Crippen LogP) is 0.426. The average molecular weight is 350 g/mol. The van der Waals surface area contributed by atoms with Gasteiger partial charge in [0, 0.05) is 5.39 Å². The molecule has 2 aromatic rings. The van der Waals surface area contributed by atoms with E-state index >= 15 is 0 Å². The lowest BCUT2D eigenvalue weighted by Gasteiger charge is -2.19. The first-order valence-electron chi connectivity index (χ1n) is 7.42. The van der Waals surface area contributed by atoms with Gasteiger partial charge in [0.05, 0.1) is 16.9 Å². The Kier molecular flexibility index (Phi) is 6.57. The van der Waals surface area contributed by atoms with Crippen molar-refractivity contribution in [1.29, 1.82) is 0 Å². The van der Waals surface area contributed by atoms with E-state index in [1.807, 2.05) is 30.3 Å². The van der Waals surface area contributed by atoms with Crippen molar-refractivity contribution in [3.8, 4) is 0 Å². The molecule has 8 nitrogen and oxygen atoms in total. The molecule has 0 radical (unpaired) electrons. The molecule has 0 saturated heterocycles. The highest BCUT2D eigenvalue weighted by Crippen LogP contribution is 2.26. The smallest absolute Gasteiger partial charge is 0.335 e. The molecule has 2 rings (SSSR count). The van der Waals surface area contributed by atoms with E-state index < -0.39 is 29.6 Å². The first-order valence-corrected chi connectivity index (χ1v) is 7.42. The van der Waals surface area contributed by atoms with E-state index in [0.717, 1.165) is 17.8 Å². The lowest BCUT2D eigenvalue weighted by Crippen LogP contribution is -2.38. The van der Waals surface area contributed by atoms with Crippen LogP contribution in [-0.4, -0.2) is 49.4 Å². The molecule has 1 aromatic carbocycles. The van der Waals surface area contributed by atoms with Crippen LogP contribution in [0.2, 0.25) is 0 Å². The fourth-order valence-electron chi connectivity index (χ4n) is 1.98. The molecule has 0 aliphatic rings. The Labute approximate surface area is 144 Å². The van der Waals surface area contributed by atoms with E-state index in [1.165, 1.54) is 0 Å². The van der Waals surface area contributed by atoms with Gasteiger partial charge in [-0.2, -0.15) is 0 Å². The lowest BCUT2D eigenvalue weighted by molar-refractivity contribution is -0.156. The number of carboxylic acid groups (broad SMARTS) is 1. The zero-order valence-electron chi connectivity index (χ0n) is 14.2. The molecule has 2 atom stereocenters. The van der Waals surface area contributed by atoms with Gasteiger partial charge in [0.15, 0.2) is 11.9 Å². The summed E-state index contributed by atoms with van der Waals surface area (Å²) in [6.45, 7) is 4.36. The van der Waals surface area contributed by atoms with Crippen molar-refractivity contribution >= 4 is 28.3 Å². The number of para-hydroxylation sites is 1. The summed E-state index contributed by atoms with van der Waals surface area (Å²) in [6.07, 6.45) is -3.84. The molecule has 1 heterocycles. The van der Waals surface area contributed by atoms with Crippen LogP contribution in [0.5, 0.6) is 0 Å². The van der Waals surface area contributed by atoms with Gasteiger partial charge in [0.1, 0.15) is 11.7 Å². The molecular formula is C17H22N2O6. The molecule has 0 fully saturated rings. The third-order valence-electron chi connectivity index (χ3n) is 3.30. The van der Waals surface area contributed by atoms with Crippen LogP contribution < -0.4 is 5.73 Å². The fraction of sp³-hybridized carbons (Fsp3) is 0.353. The monoisotopic (exact) mass is 350 g/mol. The molecular weight excluding hydrogens is 328 g/mol. The van der Waals surface area contributed by atoms with E-state index in [-0.39, 0.29) is 0 Å². The minimum absolute atomic E-state index is 0.529. The van der Waals surface area contributed by atoms with Crippen molar-refractivity contribution in [3.05, 3.63) is 36.0 Å². The number of ketones is 1. The Balaban J connectivity index is 0.000000275. The van der Waals surface area contributed by atoms with Gasteiger partial charge in [-0.15, -0.1) is 0 Å². The zero-order valence-corrected chi connectivity index (χ0v) is 14.2. The number of pyridine rings is 1. The number of anilines is 1. The van der Waals surface area contributed by atoms with Gasteiger partial charge >= 0.3 is 5.97 Å². The third kappa shape index (κ3) is 5.49. The van der Waals surface area contributed by atoms with E-state index in [9.17, 15) is 14.7 Å². The van der Waals surface area contributed by atoms with Crippen molar-refractivity contribution in [1.82, 2.24) is 4.98 Å². The Morgan fingerprint density at radius 3 is 2.16 bits per heavy atom. The molecule has 136 valence electrons. The molecule has 0 amide bonds. The van der Waals surface area contributed by atoms with Crippen molar-refractivity contribution in [3.63, 3.8) is 0 Å². The van der Waals surface area contributed by atoms with Crippen LogP contribution in [0, 0.1) is 0 Å². The van der Waals surface area contributed by atoms with Gasteiger partial charge in [-0.25, -0.2) is 9.78 Å². The molecule has 25 heavy (non-hydrogen) atoms. The Morgan fingerprint density at radius 2 is 1.72 bits per heavy atom. The topological polar surface area (TPSA) is 154 Å². The van der Waals surface area contributed by atoms with Crippen molar-refractivity contribution in [2.45, 2.75) is 38.6 Å². The number of carbonyl (C=O) groups is 2. The number of nitrogens with two attached hydrogens (primary N) is 1. The maximum absolute atomic E-state index is 10.2. The molecule has 0 spiro atoms. The van der Waals surface area contributed by atoms with Crippen LogP contribution in [0.25, 0.3) is 10.9 Å². The van der Waals surface area contributed by atoms with Gasteiger partial charge in [-0.1, -0.05) is 18.2 Å². The first-order chi connectivity index (χ1) is 11.4. The molecule has 0 aliphatic heterocycles. The molecule has 8 heteroatoms. The second-order valence-corrected chi connectivity index (χ2v) is 6.02. The number of nitrogen functional groups attached to an aromatic ring is 1. The van der Waals surface area contributed by atoms with Crippen LogP contribution in [0.3, 0.4) is 0 Å². The van der Waals surface area contributed by atoms with Gasteiger partial charge in [0.2, 0.25) is 0 Å². The number of aliphatic carboxylic acids is 1. The van der Waals surface area contributed by atoms with Crippen molar-refractivity contribution in [2.24, 2.45) is 0 Å². The quantitative estimate of drug-likeness (QED) is 0.532. The maximum Gasteiger partial charge on any atom is 0.335 e. The Morgan fingerprint density at radius 1 is 1.16 bits per heavy atom. The van der Waals surface area contributed by atoms with Gasteiger partial charge < -0.3 is 26.2 Å². The number of aliphatic hydroxyl groups is 3. The lowest BCUT2D eigenvalue weighted by atomic mass is 10.0. The number of rotatable bonds is 4. The number of fused-ring (bicyclic) bond motifs is 1. The number of hydrogen-bond donors (Lipinski definition) is 5. The molecule has 0 aliphatic carbocycles. The van der Waals surface area contributed by atoms with Gasteiger partial charge in [-0.3, -0.25) is 4.79 Å². The summed E-state index contributed by atoms with van der Waals surface area (Å²) in [5.41, 5.74) is 6.75.